The zero-order valence-electron chi connectivity index (χ0n) is 12.5. The summed E-state index contributed by atoms with van der Waals surface area (Å²) in [6.45, 7) is 15.0. The second-order valence-corrected chi connectivity index (χ2v) is 6.69. The van der Waals surface area contributed by atoms with Gasteiger partial charge in [-0.15, -0.1) is 0 Å². The zero-order valence-corrected chi connectivity index (χ0v) is 12.5. The van der Waals surface area contributed by atoms with Gasteiger partial charge >= 0.3 is 0 Å². The lowest BCUT2D eigenvalue weighted by Crippen LogP contribution is -2.43. The van der Waals surface area contributed by atoms with Gasteiger partial charge in [0.15, 0.2) is 0 Å². The van der Waals surface area contributed by atoms with E-state index >= 15 is 0 Å². The molecule has 0 rings (SSSR count). The summed E-state index contributed by atoms with van der Waals surface area (Å²) in [5.41, 5.74) is -0.680. The maximum absolute atomic E-state index is 12.1. The summed E-state index contributed by atoms with van der Waals surface area (Å²) in [6, 6.07) is 0. The van der Waals surface area contributed by atoms with Crippen LogP contribution in [0.25, 0.3) is 0 Å². The maximum Gasteiger partial charge on any atom is 0.222 e. The van der Waals surface area contributed by atoms with E-state index < -0.39 is 5.60 Å². The molecule has 1 amide bonds. The van der Waals surface area contributed by atoms with E-state index in [9.17, 15) is 9.90 Å². The smallest absolute Gasteiger partial charge is 0.222 e. The molecule has 0 aromatic carbocycles. The van der Waals surface area contributed by atoms with Gasteiger partial charge in [-0.05, 0) is 32.1 Å². The molecular formula is C14H29NO2. The molecule has 3 heteroatoms. The predicted molar refractivity (Wildman–Crippen MR) is 71.8 cm³/mol. The lowest BCUT2D eigenvalue weighted by Gasteiger charge is -2.32. The van der Waals surface area contributed by atoms with Crippen molar-refractivity contribution in [3.8, 4) is 0 Å². The second-order valence-electron chi connectivity index (χ2n) is 6.69. The molecule has 0 saturated heterocycles. The van der Waals surface area contributed by atoms with Crippen LogP contribution in [0.2, 0.25) is 0 Å². The van der Waals surface area contributed by atoms with Crippen LogP contribution >= 0.6 is 0 Å². The average molecular weight is 243 g/mol. The van der Waals surface area contributed by atoms with Crippen molar-refractivity contribution in [2.24, 2.45) is 11.3 Å². The first-order valence-electron chi connectivity index (χ1n) is 6.47. The minimum Gasteiger partial charge on any atom is -0.389 e. The Bertz CT molecular complexity index is 248. The van der Waals surface area contributed by atoms with Crippen molar-refractivity contribution in [3.63, 3.8) is 0 Å². The maximum atomic E-state index is 12.1. The van der Waals surface area contributed by atoms with Gasteiger partial charge in [0.05, 0.1) is 5.60 Å². The van der Waals surface area contributed by atoms with Crippen LogP contribution in [0.15, 0.2) is 0 Å². The molecule has 0 spiro atoms. The number of likely N-dealkylation sites (N-methyl/N-ethyl adjacent to an activating group) is 1. The Kier molecular flexibility index (Phi) is 5.66. The molecule has 102 valence electrons. The first kappa shape index (κ1) is 16.4. The third-order valence-electron chi connectivity index (χ3n) is 3.27. The SMILES string of the molecule is CCN(CC(C)(C)O)C(=O)CC(C)C(C)(C)C. The van der Waals surface area contributed by atoms with Crippen molar-refractivity contribution in [2.75, 3.05) is 13.1 Å². The van der Waals surface area contributed by atoms with Gasteiger partial charge in [0.2, 0.25) is 5.91 Å². The summed E-state index contributed by atoms with van der Waals surface area (Å²) >= 11 is 0. The standard InChI is InChI=1S/C14H29NO2/c1-8-15(10-14(6,7)17)12(16)9-11(2)13(3,4)5/h11,17H,8-10H2,1-7H3. The Morgan fingerprint density at radius 3 is 2.00 bits per heavy atom. The number of carbonyl (C=O) groups is 1. The van der Waals surface area contributed by atoms with Crippen LogP contribution in [-0.2, 0) is 4.79 Å². The monoisotopic (exact) mass is 243 g/mol. The minimum absolute atomic E-state index is 0.136. The highest BCUT2D eigenvalue weighted by molar-refractivity contribution is 5.76. The van der Waals surface area contributed by atoms with Crippen molar-refractivity contribution in [2.45, 2.75) is 60.5 Å². The molecule has 0 aliphatic rings. The van der Waals surface area contributed by atoms with Gasteiger partial charge in [-0.2, -0.15) is 0 Å². The molecule has 1 N–H and O–H groups in total. The lowest BCUT2D eigenvalue weighted by molar-refractivity contribution is -0.135. The molecule has 1 unspecified atom stereocenters. The van der Waals surface area contributed by atoms with E-state index in [2.05, 4.69) is 27.7 Å². The number of hydrogen-bond donors (Lipinski definition) is 1. The molecular weight excluding hydrogens is 214 g/mol. The fraction of sp³-hybridized carbons (Fsp3) is 0.929. The van der Waals surface area contributed by atoms with Crippen LogP contribution in [0.1, 0.15) is 54.9 Å². The van der Waals surface area contributed by atoms with Gasteiger partial charge in [-0.3, -0.25) is 4.79 Å². The third-order valence-corrected chi connectivity index (χ3v) is 3.27. The molecule has 0 bridgehead atoms. The topological polar surface area (TPSA) is 40.5 Å². The highest BCUT2D eigenvalue weighted by Gasteiger charge is 2.26. The molecule has 3 nitrogen and oxygen atoms in total. The number of rotatable bonds is 5. The zero-order chi connectivity index (χ0) is 13.9. The van der Waals surface area contributed by atoms with Gasteiger partial charge in [0, 0.05) is 19.5 Å². The van der Waals surface area contributed by atoms with E-state index in [1.165, 1.54) is 0 Å². The number of hydrogen-bond acceptors (Lipinski definition) is 2. The second kappa shape index (κ2) is 5.85. The summed E-state index contributed by atoms with van der Waals surface area (Å²) in [6.07, 6.45) is 0.549. The summed E-state index contributed by atoms with van der Waals surface area (Å²) in [5.74, 6) is 0.475. The van der Waals surface area contributed by atoms with Gasteiger partial charge in [-0.1, -0.05) is 27.7 Å². The Morgan fingerprint density at radius 2 is 1.71 bits per heavy atom. The van der Waals surface area contributed by atoms with Crippen LogP contribution in [0.5, 0.6) is 0 Å². The predicted octanol–water partition coefficient (Wildman–Crippen LogP) is 2.68. The van der Waals surface area contributed by atoms with E-state index in [0.717, 1.165) is 0 Å². The van der Waals surface area contributed by atoms with Crippen LogP contribution in [0.3, 0.4) is 0 Å². The normalized spacial score (nSPS) is 14.6. The van der Waals surface area contributed by atoms with E-state index in [0.29, 0.717) is 25.4 Å². The van der Waals surface area contributed by atoms with Crippen LogP contribution in [-0.4, -0.2) is 34.6 Å². The molecule has 0 saturated carbocycles. The molecule has 1 atom stereocenters. The lowest BCUT2D eigenvalue weighted by atomic mass is 9.80. The highest BCUT2D eigenvalue weighted by Crippen LogP contribution is 2.28. The number of amides is 1. The van der Waals surface area contributed by atoms with Crippen molar-refractivity contribution in [1.82, 2.24) is 4.90 Å². The van der Waals surface area contributed by atoms with Gasteiger partial charge in [-0.25, -0.2) is 0 Å². The van der Waals surface area contributed by atoms with Crippen molar-refractivity contribution in [1.29, 1.82) is 0 Å². The third kappa shape index (κ3) is 6.67. The van der Waals surface area contributed by atoms with E-state index in [-0.39, 0.29) is 11.3 Å². The van der Waals surface area contributed by atoms with E-state index in [4.69, 9.17) is 0 Å². The minimum atomic E-state index is -0.823. The van der Waals surface area contributed by atoms with Crippen LogP contribution in [0, 0.1) is 11.3 Å². The number of carbonyl (C=O) groups excluding carboxylic acids is 1. The van der Waals surface area contributed by atoms with Crippen molar-refractivity contribution in [3.05, 3.63) is 0 Å². The number of nitrogens with zero attached hydrogens (tertiary/aromatic N) is 1. The largest absolute Gasteiger partial charge is 0.389 e. The molecule has 0 radical (unpaired) electrons. The van der Waals surface area contributed by atoms with E-state index in [1.54, 1.807) is 18.7 Å². The molecule has 0 aromatic rings. The molecule has 0 aliphatic heterocycles. The first-order chi connectivity index (χ1) is 7.47. The molecule has 0 fully saturated rings. The van der Waals surface area contributed by atoms with Crippen molar-refractivity contribution >= 4 is 5.91 Å². The van der Waals surface area contributed by atoms with Gasteiger partial charge in [0.25, 0.3) is 0 Å². The Labute approximate surface area is 106 Å². The quantitative estimate of drug-likeness (QED) is 0.806. The molecule has 17 heavy (non-hydrogen) atoms. The van der Waals surface area contributed by atoms with Gasteiger partial charge in [0.1, 0.15) is 0 Å². The summed E-state index contributed by atoms with van der Waals surface area (Å²) in [4.78, 5) is 13.9. The summed E-state index contributed by atoms with van der Waals surface area (Å²) < 4.78 is 0. The molecule has 0 heterocycles. The van der Waals surface area contributed by atoms with Crippen LogP contribution < -0.4 is 0 Å². The Morgan fingerprint density at radius 1 is 1.24 bits per heavy atom. The van der Waals surface area contributed by atoms with Gasteiger partial charge < -0.3 is 10.0 Å². The Balaban J connectivity index is 4.47. The first-order valence-corrected chi connectivity index (χ1v) is 6.47. The summed E-state index contributed by atoms with van der Waals surface area (Å²) in [5, 5.41) is 9.77. The average Bonchev–Trinajstić information content (AvgIpc) is 2.10. The van der Waals surface area contributed by atoms with Crippen LogP contribution in [0.4, 0.5) is 0 Å². The number of aliphatic hydroxyl groups is 1. The molecule has 0 aliphatic carbocycles. The fourth-order valence-corrected chi connectivity index (χ4v) is 1.54. The summed E-state index contributed by atoms with van der Waals surface area (Å²) in [7, 11) is 0. The van der Waals surface area contributed by atoms with Crippen molar-refractivity contribution < 1.29 is 9.90 Å². The fourth-order valence-electron chi connectivity index (χ4n) is 1.54. The van der Waals surface area contributed by atoms with E-state index in [1.807, 2.05) is 6.92 Å². The highest BCUT2D eigenvalue weighted by atomic mass is 16.3. The Hall–Kier alpha value is -0.570. The molecule has 0 aromatic heterocycles.